The van der Waals surface area contributed by atoms with Crippen molar-refractivity contribution in [3.63, 3.8) is 0 Å². The van der Waals surface area contributed by atoms with Gasteiger partial charge in [0.25, 0.3) is 0 Å². The Bertz CT molecular complexity index is 516. The molecule has 0 spiro atoms. The Labute approximate surface area is 168 Å². The predicted octanol–water partition coefficient (Wildman–Crippen LogP) is 2.72. The van der Waals surface area contributed by atoms with Crippen LogP contribution in [-0.4, -0.2) is 55.0 Å². The van der Waals surface area contributed by atoms with Crippen LogP contribution >= 0.6 is 49.7 Å². The van der Waals surface area contributed by atoms with Gasteiger partial charge in [-0.1, -0.05) is 13.2 Å². The molecule has 0 bridgehead atoms. The van der Waals surface area contributed by atoms with Gasteiger partial charge in [-0.3, -0.25) is 0 Å². The van der Waals surface area contributed by atoms with Crippen molar-refractivity contribution in [3.8, 4) is 0 Å². The number of esters is 2. The van der Waals surface area contributed by atoms with Crippen molar-refractivity contribution < 1.29 is 29.3 Å². The largest absolute Gasteiger partial charge is 0.501 e. The molecule has 0 aliphatic heterocycles. The number of carbonyl (C=O) groups is 2. The van der Waals surface area contributed by atoms with Gasteiger partial charge >= 0.3 is 11.9 Å². The van der Waals surface area contributed by atoms with Gasteiger partial charge < -0.3 is 19.7 Å². The Hall–Kier alpha value is -1.10. The highest BCUT2D eigenvalue weighted by Gasteiger charge is 2.43. The van der Waals surface area contributed by atoms with Crippen molar-refractivity contribution >= 4 is 71.7 Å². The van der Waals surface area contributed by atoms with E-state index in [1.807, 2.05) is 0 Å². The Balaban J connectivity index is 5.10. The summed E-state index contributed by atoms with van der Waals surface area (Å²) in [5, 5.41) is 18.7. The van der Waals surface area contributed by atoms with Crippen LogP contribution in [0.1, 0.15) is 19.3 Å². The summed E-state index contributed by atoms with van der Waals surface area (Å²) in [6.07, 6.45) is 1.99. The van der Waals surface area contributed by atoms with Crippen LogP contribution in [0, 0.1) is 0 Å². The van der Waals surface area contributed by atoms with Crippen molar-refractivity contribution in [3.05, 3.63) is 25.3 Å². The lowest BCUT2D eigenvalue weighted by atomic mass is 9.89. The van der Waals surface area contributed by atoms with E-state index in [4.69, 9.17) is 33.9 Å². The molecule has 0 amide bonds. The highest BCUT2D eigenvalue weighted by Crippen LogP contribution is 2.37. The first kappa shape index (κ1) is 23.9. The van der Waals surface area contributed by atoms with Gasteiger partial charge in [-0.25, -0.2) is 9.59 Å². The minimum atomic E-state index is -1.33. The maximum atomic E-state index is 11.1. The summed E-state index contributed by atoms with van der Waals surface area (Å²) >= 11 is 18.4. The van der Waals surface area contributed by atoms with Gasteiger partial charge in [0.15, 0.2) is 10.1 Å². The van der Waals surface area contributed by atoms with E-state index in [1.165, 1.54) is 0 Å². The number of ether oxygens (including phenoxy) is 2. The van der Waals surface area contributed by atoms with Crippen LogP contribution in [0.15, 0.2) is 25.3 Å². The number of thiol groups is 2. The molecule has 2 unspecified atom stereocenters. The van der Waals surface area contributed by atoms with E-state index in [0.717, 1.165) is 12.2 Å². The molecule has 10 heteroatoms. The van der Waals surface area contributed by atoms with Gasteiger partial charge in [0, 0.05) is 25.0 Å². The van der Waals surface area contributed by atoms with Crippen LogP contribution in [0.5, 0.6) is 0 Å². The van der Waals surface area contributed by atoms with Crippen LogP contribution in [0.2, 0.25) is 0 Å². The third kappa shape index (κ3) is 8.21. The Kier molecular flexibility index (Phi) is 10.3. The SMILES string of the molecule is C=CC(=O)OCCC(S)(CC(S)(CCOC(=O)C=C)C(O)=S)C(O)=S. The van der Waals surface area contributed by atoms with Crippen molar-refractivity contribution in [2.75, 3.05) is 13.2 Å². The normalized spacial score (nSPS) is 15.1. The molecule has 0 aliphatic rings. The predicted molar refractivity (Wildman–Crippen MR) is 110 cm³/mol. The number of aliphatic hydroxyl groups is 2. The highest BCUT2D eigenvalue weighted by molar-refractivity contribution is 7.88. The summed E-state index contributed by atoms with van der Waals surface area (Å²) in [6.45, 7) is 6.35. The molecular weight excluding hydrogens is 404 g/mol. The van der Waals surface area contributed by atoms with E-state index in [1.54, 1.807) is 0 Å². The minimum Gasteiger partial charge on any atom is -0.501 e. The van der Waals surface area contributed by atoms with Crippen molar-refractivity contribution in [2.45, 2.75) is 28.8 Å². The Morgan fingerprint density at radius 1 is 0.920 bits per heavy atom. The number of thiocarbonyl (C=S) groups is 2. The number of carbonyl (C=O) groups excluding carboxylic acids is 2. The fourth-order valence-corrected chi connectivity index (χ4v) is 2.98. The first-order valence-electron chi connectivity index (χ1n) is 7.00. The quantitative estimate of drug-likeness (QED) is 0.164. The zero-order valence-electron chi connectivity index (χ0n) is 13.3. The van der Waals surface area contributed by atoms with Crippen molar-refractivity contribution in [1.82, 2.24) is 0 Å². The zero-order chi connectivity index (χ0) is 19.7. The summed E-state index contributed by atoms with van der Waals surface area (Å²) in [5.41, 5.74) is 0. The molecule has 25 heavy (non-hydrogen) atoms. The lowest BCUT2D eigenvalue weighted by molar-refractivity contribution is -0.138. The van der Waals surface area contributed by atoms with E-state index < -0.39 is 31.5 Å². The summed E-state index contributed by atoms with van der Waals surface area (Å²) < 4.78 is 7.07. The first-order chi connectivity index (χ1) is 11.5. The lowest BCUT2D eigenvalue weighted by Crippen LogP contribution is -2.45. The van der Waals surface area contributed by atoms with Gasteiger partial charge in [0.2, 0.25) is 0 Å². The fraction of sp³-hybridized carbons (Fsp3) is 0.467. The molecule has 2 atom stereocenters. The van der Waals surface area contributed by atoms with E-state index in [0.29, 0.717) is 0 Å². The summed E-state index contributed by atoms with van der Waals surface area (Å²) in [7, 11) is 0. The third-order valence-electron chi connectivity index (χ3n) is 3.23. The zero-order valence-corrected chi connectivity index (χ0v) is 16.8. The summed E-state index contributed by atoms with van der Waals surface area (Å²) in [4.78, 5) is 22.2. The van der Waals surface area contributed by atoms with Crippen LogP contribution in [-0.2, 0) is 19.1 Å². The summed E-state index contributed by atoms with van der Waals surface area (Å²) in [5.74, 6) is -1.27. The number of hydrogen-bond acceptors (Lipinski definition) is 8. The standard InChI is InChI=1S/C15H20O6S4/c1-3-10(16)20-7-5-14(24,12(18)22)9-15(25,13(19)23)6-8-21-11(17)4-2/h3-4,24-25H,1-2,5-9H2,(H,18,22)(H,19,23). The lowest BCUT2D eigenvalue weighted by Gasteiger charge is -2.35. The molecule has 2 N–H and O–H groups in total. The molecule has 0 aromatic rings. The fourth-order valence-electron chi connectivity index (χ4n) is 1.78. The van der Waals surface area contributed by atoms with Crippen LogP contribution in [0.3, 0.4) is 0 Å². The second kappa shape index (κ2) is 10.8. The molecule has 0 rings (SSSR count). The average Bonchev–Trinajstić information content (AvgIpc) is 2.53. The molecule has 0 aromatic heterocycles. The van der Waals surface area contributed by atoms with Crippen LogP contribution in [0.25, 0.3) is 0 Å². The van der Waals surface area contributed by atoms with Crippen LogP contribution in [0.4, 0.5) is 0 Å². The van der Waals surface area contributed by atoms with Gasteiger partial charge in [-0.05, 0) is 30.9 Å². The van der Waals surface area contributed by atoms with Gasteiger partial charge in [0.1, 0.15) is 0 Å². The summed E-state index contributed by atoms with van der Waals surface area (Å²) in [6, 6.07) is 0. The van der Waals surface area contributed by atoms with E-state index in [-0.39, 0.29) is 32.5 Å². The van der Waals surface area contributed by atoms with Crippen molar-refractivity contribution in [2.24, 2.45) is 0 Å². The molecule has 0 fully saturated rings. The number of aliphatic hydroxyl groups excluding tert-OH is 2. The minimum absolute atomic E-state index is 0.0440. The van der Waals surface area contributed by atoms with Gasteiger partial charge in [-0.2, -0.15) is 25.3 Å². The molecule has 0 radical (unpaired) electrons. The number of rotatable bonds is 12. The molecule has 0 aromatic carbocycles. The molecular formula is C15H20O6S4. The van der Waals surface area contributed by atoms with Crippen molar-refractivity contribution in [1.29, 1.82) is 0 Å². The maximum Gasteiger partial charge on any atom is 0.330 e. The molecule has 0 aliphatic carbocycles. The highest BCUT2D eigenvalue weighted by atomic mass is 32.1. The average molecular weight is 425 g/mol. The van der Waals surface area contributed by atoms with E-state index in [2.05, 4.69) is 38.4 Å². The molecule has 0 saturated heterocycles. The number of hydrogen-bond donors (Lipinski definition) is 4. The van der Waals surface area contributed by atoms with Crippen LogP contribution < -0.4 is 0 Å². The van der Waals surface area contributed by atoms with Gasteiger partial charge in [-0.15, -0.1) is 0 Å². The molecule has 6 nitrogen and oxygen atoms in total. The maximum absolute atomic E-state index is 11.1. The smallest absolute Gasteiger partial charge is 0.330 e. The second-order valence-corrected chi connectivity index (χ2v) is 7.58. The molecule has 0 heterocycles. The Morgan fingerprint density at radius 2 is 1.24 bits per heavy atom. The molecule has 140 valence electrons. The van der Waals surface area contributed by atoms with Gasteiger partial charge in [0.05, 0.1) is 22.7 Å². The van der Waals surface area contributed by atoms with E-state index >= 15 is 0 Å². The topological polar surface area (TPSA) is 93.1 Å². The second-order valence-electron chi connectivity index (χ2n) is 5.09. The monoisotopic (exact) mass is 424 g/mol. The third-order valence-corrected chi connectivity index (χ3v) is 5.51. The van der Waals surface area contributed by atoms with E-state index in [9.17, 15) is 19.8 Å². The Morgan fingerprint density at radius 3 is 1.48 bits per heavy atom. The first-order valence-corrected chi connectivity index (χ1v) is 8.72. The molecule has 0 saturated carbocycles.